The topological polar surface area (TPSA) is 85.2 Å². The summed E-state index contributed by atoms with van der Waals surface area (Å²) in [4.78, 5) is 24.1. The molecule has 6 nitrogen and oxygen atoms in total. The average Bonchev–Trinajstić information content (AvgIpc) is 2.95. The minimum Gasteiger partial charge on any atom is -0.479 e. The monoisotopic (exact) mass is 251 g/mol. The minimum absolute atomic E-state index is 0.239. The Hall–Kier alpha value is -1.60. The van der Waals surface area contributed by atoms with Crippen molar-refractivity contribution >= 4 is 27.8 Å². The van der Waals surface area contributed by atoms with Crippen LogP contribution in [0.3, 0.4) is 0 Å². The Morgan fingerprint density at radius 3 is 2.94 bits per heavy atom. The maximum absolute atomic E-state index is 10.8. The second-order valence-corrected chi connectivity index (χ2v) is 4.78. The van der Waals surface area contributed by atoms with Gasteiger partial charge < -0.3 is 9.84 Å². The van der Waals surface area contributed by atoms with Gasteiger partial charge in [-0.2, -0.15) is 0 Å². The summed E-state index contributed by atoms with van der Waals surface area (Å²) in [6.45, 7) is 0. The fraction of sp³-hybridized carbons (Fsp3) is 0.400. The molecule has 1 N–H and O–H groups in total. The number of ether oxygens (including phenoxy) is 1. The van der Waals surface area contributed by atoms with Gasteiger partial charge in [-0.1, -0.05) is 11.3 Å². The molecule has 1 aliphatic rings. The highest BCUT2D eigenvalue weighted by Crippen LogP contribution is 2.35. The third-order valence-electron chi connectivity index (χ3n) is 2.63. The number of nitrogens with zero attached hydrogens (tertiary/aromatic N) is 3. The number of rotatable bonds is 2. The first-order valence-electron chi connectivity index (χ1n) is 5.20. The zero-order valence-electron chi connectivity index (χ0n) is 8.74. The predicted molar refractivity (Wildman–Crippen MR) is 59.7 cm³/mol. The van der Waals surface area contributed by atoms with E-state index in [4.69, 9.17) is 9.84 Å². The molecule has 0 radical (unpaired) electrons. The molecule has 88 valence electrons. The highest BCUT2D eigenvalue weighted by molar-refractivity contribution is 7.18. The fourth-order valence-corrected chi connectivity index (χ4v) is 2.77. The van der Waals surface area contributed by atoms with Crippen LogP contribution in [0, 0.1) is 0 Å². The van der Waals surface area contributed by atoms with Crippen LogP contribution in [0.2, 0.25) is 0 Å². The van der Waals surface area contributed by atoms with Gasteiger partial charge in [0.1, 0.15) is 11.1 Å². The molecule has 1 fully saturated rings. The molecule has 0 spiro atoms. The normalized spacial score (nSPS) is 24.2. The van der Waals surface area contributed by atoms with E-state index in [1.807, 2.05) is 0 Å². The van der Waals surface area contributed by atoms with Crippen LogP contribution < -0.4 is 0 Å². The summed E-state index contributed by atoms with van der Waals surface area (Å²) in [5, 5.41) is 9.61. The Labute approximate surface area is 100 Å². The number of thiazole rings is 1. The van der Waals surface area contributed by atoms with Crippen LogP contribution in [-0.4, -0.2) is 32.1 Å². The Kier molecular flexibility index (Phi) is 2.49. The first-order chi connectivity index (χ1) is 8.24. The summed E-state index contributed by atoms with van der Waals surface area (Å²) in [5.41, 5.74) is 0.592. The molecule has 2 atom stereocenters. The molecule has 2 aromatic rings. The van der Waals surface area contributed by atoms with Crippen LogP contribution in [0.15, 0.2) is 12.4 Å². The van der Waals surface area contributed by atoms with Crippen molar-refractivity contribution in [1.82, 2.24) is 15.0 Å². The van der Waals surface area contributed by atoms with E-state index in [9.17, 15) is 4.79 Å². The van der Waals surface area contributed by atoms with Crippen molar-refractivity contribution in [2.24, 2.45) is 0 Å². The number of hydrogen-bond donors (Lipinski definition) is 1. The van der Waals surface area contributed by atoms with Gasteiger partial charge in [0.25, 0.3) is 0 Å². The molecule has 2 unspecified atom stereocenters. The summed E-state index contributed by atoms with van der Waals surface area (Å²) in [6, 6.07) is 0. The van der Waals surface area contributed by atoms with E-state index in [-0.39, 0.29) is 6.10 Å². The summed E-state index contributed by atoms with van der Waals surface area (Å²) in [6.07, 6.45) is 3.44. The zero-order chi connectivity index (χ0) is 11.8. The quantitative estimate of drug-likeness (QED) is 0.868. The van der Waals surface area contributed by atoms with Crippen molar-refractivity contribution in [1.29, 1.82) is 0 Å². The molecule has 0 aliphatic carbocycles. The molecule has 17 heavy (non-hydrogen) atoms. The Balaban J connectivity index is 1.87. The smallest absolute Gasteiger partial charge is 0.332 e. The molecule has 7 heteroatoms. The van der Waals surface area contributed by atoms with Crippen LogP contribution in [0.5, 0.6) is 0 Å². The van der Waals surface area contributed by atoms with E-state index in [0.29, 0.717) is 18.5 Å². The third-order valence-corrected chi connectivity index (χ3v) is 3.68. The van der Waals surface area contributed by atoms with Crippen LogP contribution in [0.1, 0.15) is 24.0 Å². The van der Waals surface area contributed by atoms with E-state index >= 15 is 0 Å². The van der Waals surface area contributed by atoms with Gasteiger partial charge in [-0.05, 0) is 12.8 Å². The van der Waals surface area contributed by atoms with E-state index in [1.54, 1.807) is 12.4 Å². The maximum atomic E-state index is 10.8. The van der Waals surface area contributed by atoms with Crippen molar-refractivity contribution in [2.75, 3.05) is 0 Å². The van der Waals surface area contributed by atoms with Gasteiger partial charge in [-0.15, -0.1) is 0 Å². The lowest BCUT2D eigenvalue weighted by Crippen LogP contribution is -2.18. The number of hydrogen-bond acceptors (Lipinski definition) is 6. The highest BCUT2D eigenvalue weighted by atomic mass is 32.1. The zero-order valence-corrected chi connectivity index (χ0v) is 9.55. The Bertz CT molecular complexity index is 538. The maximum Gasteiger partial charge on any atom is 0.332 e. The minimum atomic E-state index is -0.912. The number of carboxylic acid groups (broad SMARTS) is 1. The standard InChI is InChI=1S/C10H9N3O3S/c14-10(15)6-2-1-5(16-6)8-13-7-9(17-8)12-4-3-11-7/h3-6H,1-2H2,(H,14,15). The van der Waals surface area contributed by atoms with Gasteiger partial charge in [-0.25, -0.2) is 19.7 Å². The van der Waals surface area contributed by atoms with Gasteiger partial charge >= 0.3 is 5.97 Å². The SMILES string of the molecule is O=C(O)C1CCC(c2nc3nccnc3s2)O1. The molecule has 3 heterocycles. The summed E-state index contributed by atoms with van der Waals surface area (Å²) >= 11 is 1.41. The van der Waals surface area contributed by atoms with Crippen molar-refractivity contribution in [3.63, 3.8) is 0 Å². The lowest BCUT2D eigenvalue weighted by atomic mass is 10.2. The number of carboxylic acids is 1. The first kappa shape index (κ1) is 10.5. The molecule has 0 amide bonds. The van der Waals surface area contributed by atoms with Gasteiger partial charge in [0.15, 0.2) is 16.6 Å². The highest BCUT2D eigenvalue weighted by Gasteiger charge is 2.33. The van der Waals surface area contributed by atoms with E-state index in [0.717, 1.165) is 9.84 Å². The van der Waals surface area contributed by atoms with Crippen LogP contribution in [0.4, 0.5) is 0 Å². The molecule has 0 saturated carbocycles. The van der Waals surface area contributed by atoms with Crippen LogP contribution in [-0.2, 0) is 9.53 Å². The van der Waals surface area contributed by atoms with Gasteiger partial charge in [0.2, 0.25) is 0 Å². The lowest BCUT2D eigenvalue weighted by Gasteiger charge is -2.06. The second kappa shape index (κ2) is 4.01. The lowest BCUT2D eigenvalue weighted by molar-refractivity contribution is -0.149. The molecule has 2 aromatic heterocycles. The summed E-state index contributed by atoms with van der Waals surface area (Å²) in [7, 11) is 0. The molecule has 0 bridgehead atoms. The van der Waals surface area contributed by atoms with Crippen molar-refractivity contribution in [3.05, 3.63) is 17.4 Å². The number of fused-ring (bicyclic) bond motifs is 1. The Morgan fingerprint density at radius 2 is 2.24 bits per heavy atom. The number of aliphatic carboxylic acids is 1. The largest absolute Gasteiger partial charge is 0.479 e. The summed E-state index contributed by atoms with van der Waals surface area (Å²) < 4.78 is 5.43. The van der Waals surface area contributed by atoms with Gasteiger partial charge in [0, 0.05) is 12.4 Å². The van der Waals surface area contributed by atoms with E-state index in [2.05, 4.69) is 15.0 Å². The van der Waals surface area contributed by atoms with E-state index < -0.39 is 12.1 Å². The third kappa shape index (κ3) is 1.87. The van der Waals surface area contributed by atoms with E-state index in [1.165, 1.54) is 11.3 Å². The van der Waals surface area contributed by atoms with Gasteiger partial charge in [0.05, 0.1) is 0 Å². The molecule has 1 saturated heterocycles. The number of carbonyl (C=O) groups is 1. The van der Waals surface area contributed by atoms with Crippen molar-refractivity contribution in [3.8, 4) is 0 Å². The van der Waals surface area contributed by atoms with Crippen LogP contribution >= 0.6 is 11.3 Å². The fourth-order valence-electron chi connectivity index (χ4n) is 1.83. The molecule has 1 aliphatic heterocycles. The Morgan fingerprint density at radius 1 is 1.41 bits per heavy atom. The molecular weight excluding hydrogens is 242 g/mol. The first-order valence-corrected chi connectivity index (χ1v) is 6.01. The molecular formula is C10H9N3O3S. The van der Waals surface area contributed by atoms with Gasteiger partial charge in [-0.3, -0.25) is 0 Å². The molecule has 0 aromatic carbocycles. The van der Waals surface area contributed by atoms with Crippen molar-refractivity contribution in [2.45, 2.75) is 25.0 Å². The molecule has 3 rings (SSSR count). The van der Waals surface area contributed by atoms with Crippen LogP contribution in [0.25, 0.3) is 10.5 Å². The average molecular weight is 251 g/mol. The number of aromatic nitrogens is 3. The van der Waals surface area contributed by atoms with Crippen molar-refractivity contribution < 1.29 is 14.6 Å². The second-order valence-electron chi connectivity index (χ2n) is 3.77. The predicted octanol–water partition coefficient (Wildman–Crippen LogP) is 1.39. The summed E-state index contributed by atoms with van der Waals surface area (Å²) in [5.74, 6) is -0.912.